The largest absolute Gasteiger partial charge is 0.388 e. The molecule has 1 aromatic rings. The number of thioether (sulfide) groups is 1. The van der Waals surface area contributed by atoms with Crippen LogP contribution in [0.15, 0.2) is 42.0 Å². The summed E-state index contributed by atoms with van der Waals surface area (Å²) in [7, 11) is 0. The van der Waals surface area contributed by atoms with Crippen LogP contribution in [0.2, 0.25) is 0 Å². The summed E-state index contributed by atoms with van der Waals surface area (Å²) in [5.74, 6) is 0. The quantitative estimate of drug-likeness (QED) is 0.151. The lowest BCUT2D eigenvalue weighted by Crippen LogP contribution is -2.62. The fourth-order valence-corrected chi connectivity index (χ4v) is 5.03. The normalized spacial score (nSPS) is 32.1. The number of benzene rings is 1. The fraction of sp³-hybridized carbons (Fsp3) is 0.654. The second-order valence-electron chi connectivity index (χ2n) is 9.16. The van der Waals surface area contributed by atoms with Crippen molar-refractivity contribution in [3.8, 4) is 0 Å². The fourth-order valence-electron chi connectivity index (χ4n) is 4.21. The van der Waals surface area contributed by atoms with Gasteiger partial charge in [-0.2, -0.15) is 0 Å². The van der Waals surface area contributed by atoms with E-state index < -0.39 is 41.3 Å². The molecule has 8 atom stereocenters. The lowest BCUT2D eigenvalue weighted by atomic mass is 9.94. The van der Waals surface area contributed by atoms with E-state index in [1.54, 1.807) is 13.2 Å². The number of rotatable bonds is 8. The highest BCUT2D eigenvalue weighted by molar-refractivity contribution is 7.99. The highest BCUT2D eigenvalue weighted by Gasteiger charge is 2.46. The summed E-state index contributed by atoms with van der Waals surface area (Å²) < 4.78 is 5.45. The van der Waals surface area contributed by atoms with Crippen LogP contribution in [-0.2, 0) is 16.0 Å². The molecule has 1 aromatic carbocycles. The number of carbonyl (C=O) groups excluding carboxylic acids is 1. The predicted molar refractivity (Wildman–Crippen MR) is 143 cm³/mol. The molecular weight excluding hydrogens is 488 g/mol. The van der Waals surface area contributed by atoms with Crippen LogP contribution in [0.1, 0.15) is 44.6 Å². The van der Waals surface area contributed by atoms with Gasteiger partial charge < -0.3 is 35.9 Å². The first kappa shape index (κ1) is 30.3. The van der Waals surface area contributed by atoms with Gasteiger partial charge >= 0.3 is 0 Å². The molecule has 35 heavy (non-hydrogen) atoms. The van der Waals surface area contributed by atoms with E-state index in [-0.39, 0.29) is 6.04 Å². The maximum absolute atomic E-state index is 10.8. The molecule has 7 nitrogen and oxygen atoms in total. The predicted octanol–water partition coefficient (Wildman–Crippen LogP) is 2.39. The molecular formula is C26H41ClN2O5S. The number of nitrogens with one attached hydrogen (secondary N) is 1. The number of aryl methyl sites for hydroxylation is 1. The SMILES string of the molecule is CSC1OC(C(N)C(C)Cl)C(O)C(O)C1O.O=CC1CC/C(=C\CCCc2ccccc2)CCN1. The van der Waals surface area contributed by atoms with Crippen LogP contribution in [0.4, 0.5) is 0 Å². The minimum atomic E-state index is -1.27. The van der Waals surface area contributed by atoms with Crippen LogP contribution < -0.4 is 11.1 Å². The molecule has 2 heterocycles. The van der Waals surface area contributed by atoms with Gasteiger partial charge in [0.25, 0.3) is 0 Å². The summed E-state index contributed by atoms with van der Waals surface area (Å²) in [6.45, 7) is 2.63. The average Bonchev–Trinajstić information content (AvgIpc) is 3.11. The molecule has 3 rings (SSSR count). The highest BCUT2D eigenvalue weighted by Crippen LogP contribution is 2.29. The molecule has 0 saturated carbocycles. The molecule has 0 aromatic heterocycles. The van der Waals surface area contributed by atoms with Crippen molar-refractivity contribution in [1.29, 1.82) is 0 Å². The number of aliphatic hydroxyl groups is 3. The van der Waals surface area contributed by atoms with Crippen molar-refractivity contribution in [3.05, 3.63) is 47.5 Å². The van der Waals surface area contributed by atoms with Crippen molar-refractivity contribution >= 4 is 29.6 Å². The van der Waals surface area contributed by atoms with Gasteiger partial charge in [0.2, 0.25) is 0 Å². The Morgan fingerprint density at radius 1 is 1.20 bits per heavy atom. The van der Waals surface area contributed by atoms with E-state index in [2.05, 4.69) is 41.7 Å². The topological polar surface area (TPSA) is 125 Å². The molecule has 198 valence electrons. The minimum Gasteiger partial charge on any atom is -0.388 e. The van der Waals surface area contributed by atoms with Crippen molar-refractivity contribution in [2.24, 2.45) is 5.73 Å². The van der Waals surface area contributed by atoms with E-state index in [1.165, 1.54) is 29.3 Å². The van der Waals surface area contributed by atoms with E-state index in [0.29, 0.717) is 0 Å². The first-order valence-corrected chi connectivity index (χ1v) is 14.0. The first-order chi connectivity index (χ1) is 16.8. The highest BCUT2D eigenvalue weighted by atomic mass is 35.5. The monoisotopic (exact) mass is 528 g/mol. The van der Waals surface area contributed by atoms with Crippen LogP contribution in [0.3, 0.4) is 0 Å². The van der Waals surface area contributed by atoms with Gasteiger partial charge in [-0.15, -0.1) is 23.4 Å². The van der Waals surface area contributed by atoms with Gasteiger partial charge in [0.15, 0.2) is 0 Å². The molecule has 6 N–H and O–H groups in total. The molecule has 0 aliphatic carbocycles. The maximum atomic E-state index is 10.8. The molecule has 2 saturated heterocycles. The Hall–Kier alpha value is -0.970. The summed E-state index contributed by atoms with van der Waals surface area (Å²) in [4.78, 5) is 10.8. The molecule has 0 amide bonds. The Morgan fingerprint density at radius 3 is 2.54 bits per heavy atom. The second-order valence-corrected chi connectivity index (χ2v) is 10.8. The Morgan fingerprint density at radius 2 is 1.91 bits per heavy atom. The van der Waals surface area contributed by atoms with Crippen LogP contribution in [0.5, 0.6) is 0 Å². The van der Waals surface area contributed by atoms with Gasteiger partial charge in [0, 0.05) is 11.4 Å². The molecule has 0 bridgehead atoms. The first-order valence-electron chi connectivity index (χ1n) is 12.3. The molecule has 2 fully saturated rings. The lowest BCUT2D eigenvalue weighted by molar-refractivity contribution is -0.202. The number of nitrogens with two attached hydrogens (primary N) is 1. The van der Waals surface area contributed by atoms with Gasteiger partial charge in [-0.3, -0.25) is 0 Å². The van der Waals surface area contributed by atoms with Crippen LogP contribution >= 0.6 is 23.4 Å². The summed E-state index contributed by atoms with van der Waals surface area (Å²) in [6.07, 6.45) is 7.40. The number of halogens is 1. The number of carbonyl (C=O) groups is 1. The number of alkyl halides is 1. The average molecular weight is 529 g/mol. The molecule has 2 aliphatic rings. The second kappa shape index (κ2) is 16.0. The van der Waals surface area contributed by atoms with Crippen molar-refractivity contribution in [2.75, 3.05) is 12.8 Å². The number of aldehydes is 1. The van der Waals surface area contributed by atoms with Crippen molar-refractivity contribution in [2.45, 2.75) is 92.8 Å². The standard InChI is InChI=1S/C17H23NO.C9H18ClNO4S/c19-14-17-11-10-16(12-13-18-17)9-5-4-8-15-6-2-1-3-7-15;1-3(10)4(11)8-6(13)5(12)7(14)9(15-8)16-2/h1-3,6-7,9,14,17-18H,4-5,8,10-13H2;3-9,12-14H,11H2,1-2H3/b16-9+;. The van der Waals surface area contributed by atoms with E-state index in [4.69, 9.17) is 22.1 Å². The van der Waals surface area contributed by atoms with E-state index in [0.717, 1.165) is 44.9 Å². The molecule has 0 spiro atoms. The van der Waals surface area contributed by atoms with Gasteiger partial charge in [0.05, 0.1) is 6.04 Å². The zero-order valence-electron chi connectivity index (χ0n) is 20.6. The zero-order valence-corrected chi connectivity index (χ0v) is 22.2. The van der Waals surface area contributed by atoms with Gasteiger partial charge in [-0.1, -0.05) is 42.0 Å². The third kappa shape index (κ3) is 9.78. The van der Waals surface area contributed by atoms with E-state index >= 15 is 0 Å². The van der Waals surface area contributed by atoms with Gasteiger partial charge in [-0.05, 0) is 63.8 Å². The minimum absolute atomic E-state index is 0.0650. The Labute approximate surface area is 218 Å². The Balaban J connectivity index is 0.000000251. The number of unbranched alkanes of at least 4 members (excludes halogenated alkanes) is 1. The summed E-state index contributed by atoms with van der Waals surface area (Å²) in [6, 6.07) is 10.1. The Kier molecular flexibility index (Phi) is 13.8. The molecule has 8 unspecified atom stereocenters. The lowest BCUT2D eigenvalue weighted by Gasteiger charge is -2.42. The third-order valence-electron chi connectivity index (χ3n) is 6.49. The van der Waals surface area contributed by atoms with Gasteiger partial charge in [0.1, 0.15) is 36.1 Å². The number of aliphatic hydroxyl groups excluding tert-OH is 3. The van der Waals surface area contributed by atoms with Crippen LogP contribution in [0, 0.1) is 0 Å². The zero-order chi connectivity index (χ0) is 25.8. The van der Waals surface area contributed by atoms with Crippen molar-refractivity contribution < 1.29 is 24.9 Å². The summed E-state index contributed by atoms with van der Waals surface area (Å²) in [5.41, 5.74) is 8.12. The Bertz CT molecular complexity index is 767. The maximum Gasteiger partial charge on any atom is 0.136 e. The molecule has 0 radical (unpaired) electrons. The van der Waals surface area contributed by atoms with Crippen molar-refractivity contribution in [1.82, 2.24) is 5.32 Å². The number of hydrogen-bond acceptors (Lipinski definition) is 8. The number of allylic oxidation sites excluding steroid dienone is 1. The summed E-state index contributed by atoms with van der Waals surface area (Å²) >= 11 is 7.09. The van der Waals surface area contributed by atoms with Crippen LogP contribution in [0.25, 0.3) is 0 Å². The molecule has 9 heteroatoms. The number of hydrogen-bond donors (Lipinski definition) is 5. The summed E-state index contributed by atoms with van der Waals surface area (Å²) in [5, 5.41) is 31.9. The van der Waals surface area contributed by atoms with Crippen molar-refractivity contribution in [3.63, 3.8) is 0 Å². The van der Waals surface area contributed by atoms with E-state index in [9.17, 15) is 20.1 Å². The molecule has 2 aliphatic heterocycles. The number of ether oxygens (including phenoxy) is 1. The van der Waals surface area contributed by atoms with Gasteiger partial charge in [-0.25, -0.2) is 0 Å². The third-order valence-corrected chi connectivity index (χ3v) is 7.63. The van der Waals surface area contributed by atoms with Crippen LogP contribution in [-0.4, -0.2) is 81.7 Å². The van der Waals surface area contributed by atoms with E-state index in [1.807, 2.05) is 0 Å². The smallest absolute Gasteiger partial charge is 0.136 e.